The first-order valence-electron chi connectivity index (χ1n) is 5.30. The fraction of sp³-hybridized carbons (Fsp3) is 0.545. The van der Waals surface area contributed by atoms with Crippen LogP contribution >= 0.6 is 11.6 Å². The molecule has 3 nitrogen and oxygen atoms in total. The summed E-state index contributed by atoms with van der Waals surface area (Å²) in [5.41, 5.74) is 0. The first kappa shape index (κ1) is 13.5. The molecule has 0 aliphatic carbocycles. The summed E-state index contributed by atoms with van der Waals surface area (Å²) in [6, 6.07) is 6.40. The van der Waals surface area contributed by atoms with Crippen molar-refractivity contribution in [2.45, 2.75) is 25.7 Å². The molecule has 16 heavy (non-hydrogen) atoms. The fourth-order valence-corrected chi connectivity index (χ4v) is 1.92. The second kappa shape index (κ2) is 6.23. The Hall–Kier alpha value is -0.583. The monoisotopic (exact) mass is 259 g/mol. The topological polar surface area (TPSA) is 31.4 Å². The summed E-state index contributed by atoms with van der Waals surface area (Å²) in [7, 11) is -1.01. The van der Waals surface area contributed by atoms with E-state index < -0.39 is 8.07 Å². The third kappa shape index (κ3) is 6.10. The van der Waals surface area contributed by atoms with E-state index in [1.54, 1.807) is 18.2 Å². The van der Waals surface area contributed by atoms with Crippen LogP contribution in [0.2, 0.25) is 30.8 Å². The van der Waals surface area contributed by atoms with E-state index >= 15 is 0 Å². The number of hydrogen-bond donors (Lipinski definition) is 0. The summed E-state index contributed by atoms with van der Waals surface area (Å²) >= 11 is 5.72. The molecule has 0 atom stereocenters. The van der Waals surface area contributed by atoms with Crippen LogP contribution in [-0.2, 0) is 4.74 Å². The van der Waals surface area contributed by atoms with Crippen LogP contribution in [0.5, 0.6) is 5.88 Å². The molecule has 5 heteroatoms. The minimum Gasteiger partial charge on any atom is -0.451 e. The van der Waals surface area contributed by atoms with Gasteiger partial charge in [0.2, 0.25) is 5.88 Å². The van der Waals surface area contributed by atoms with Crippen molar-refractivity contribution in [1.29, 1.82) is 0 Å². The van der Waals surface area contributed by atoms with Gasteiger partial charge in [-0.25, -0.2) is 4.98 Å². The highest BCUT2D eigenvalue weighted by Gasteiger charge is 2.11. The van der Waals surface area contributed by atoms with Gasteiger partial charge in [0, 0.05) is 20.7 Å². The second-order valence-electron chi connectivity index (χ2n) is 4.78. The van der Waals surface area contributed by atoms with Crippen LogP contribution in [0.1, 0.15) is 0 Å². The number of halogens is 1. The Labute approximate surface area is 103 Å². The van der Waals surface area contributed by atoms with Crippen LogP contribution in [0.3, 0.4) is 0 Å². The molecule has 1 rings (SSSR count). The average Bonchev–Trinajstić information content (AvgIpc) is 2.15. The average molecular weight is 260 g/mol. The number of pyridine rings is 1. The molecule has 0 amide bonds. The Morgan fingerprint density at radius 1 is 1.31 bits per heavy atom. The minimum absolute atomic E-state index is 0.234. The Bertz CT molecular complexity index is 328. The number of nitrogens with zero attached hydrogens (tertiary/aromatic N) is 1. The van der Waals surface area contributed by atoms with Crippen LogP contribution in [0.4, 0.5) is 0 Å². The van der Waals surface area contributed by atoms with Gasteiger partial charge in [0.05, 0.1) is 0 Å². The number of hydrogen-bond acceptors (Lipinski definition) is 3. The van der Waals surface area contributed by atoms with E-state index in [2.05, 4.69) is 24.6 Å². The largest absolute Gasteiger partial charge is 0.451 e. The maximum Gasteiger partial charge on any atom is 0.216 e. The third-order valence-corrected chi connectivity index (χ3v) is 3.89. The summed E-state index contributed by atoms with van der Waals surface area (Å²) in [6.45, 7) is 7.93. The Balaban J connectivity index is 2.17. The normalized spacial score (nSPS) is 11.5. The quantitative estimate of drug-likeness (QED) is 0.340. The molecule has 0 aromatic carbocycles. The summed E-state index contributed by atoms with van der Waals surface area (Å²) in [4.78, 5) is 3.99. The molecule has 0 bridgehead atoms. The lowest BCUT2D eigenvalue weighted by atomic mass is 10.5. The first-order valence-corrected chi connectivity index (χ1v) is 9.39. The molecule has 0 unspecified atom stereocenters. The highest BCUT2D eigenvalue weighted by Crippen LogP contribution is 2.11. The maximum absolute atomic E-state index is 5.72. The van der Waals surface area contributed by atoms with Crippen LogP contribution in [-0.4, -0.2) is 26.5 Å². The van der Waals surface area contributed by atoms with E-state index in [-0.39, 0.29) is 6.79 Å². The van der Waals surface area contributed by atoms with Crippen molar-refractivity contribution in [2.24, 2.45) is 0 Å². The van der Waals surface area contributed by atoms with Crippen molar-refractivity contribution < 1.29 is 9.47 Å². The fourth-order valence-electron chi connectivity index (χ4n) is 1.01. The number of ether oxygens (including phenoxy) is 2. The third-order valence-electron chi connectivity index (χ3n) is 1.98. The number of aromatic nitrogens is 1. The van der Waals surface area contributed by atoms with E-state index in [1.807, 2.05) is 0 Å². The molecule has 0 saturated carbocycles. The predicted molar refractivity (Wildman–Crippen MR) is 68.8 cm³/mol. The van der Waals surface area contributed by atoms with Crippen LogP contribution in [0, 0.1) is 0 Å². The smallest absolute Gasteiger partial charge is 0.216 e. The summed E-state index contributed by atoms with van der Waals surface area (Å²) in [5.74, 6) is 0.500. The van der Waals surface area contributed by atoms with Crippen molar-refractivity contribution in [3.63, 3.8) is 0 Å². The molecule has 1 aromatic rings. The second-order valence-corrected chi connectivity index (χ2v) is 10.8. The van der Waals surface area contributed by atoms with E-state index in [0.717, 1.165) is 12.7 Å². The van der Waals surface area contributed by atoms with E-state index in [4.69, 9.17) is 21.1 Å². The first-order chi connectivity index (χ1) is 7.47. The minimum atomic E-state index is -1.01. The zero-order valence-corrected chi connectivity index (χ0v) is 11.8. The van der Waals surface area contributed by atoms with Gasteiger partial charge in [-0.2, -0.15) is 0 Å². The zero-order valence-electron chi connectivity index (χ0n) is 10.00. The Morgan fingerprint density at radius 2 is 2.06 bits per heavy atom. The van der Waals surface area contributed by atoms with Crippen molar-refractivity contribution >= 4 is 19.7 Å². The standard InChI is InChI=1S/C11H18ClNO2Si/c1-16(2,3)8-7-14-9-15-11-6-4-5-10(12)13-11/h4-6H,7-9H2,1-3H3. The molecule has 1 aromatic heterocycles. The summed E-state index contributed by atoms with van der Waals surface area (Å²) in [5, 5.41) is 0.430. The lowest BCUT2D eigenvalue weighted by Crippen LogP contribution is -2.22. The molecule has 1 heterocycles. The lowest BCUT2D eigenvalue weighted by Gasteiger charge is -2.15. The van der Waals surface area contributed by atoms with Gasteiger partial charge in [0.25, 0.3) is 0 Å². The highest BCUT2D eigenvalue weighted by molar-refractivity contribution is 6.76. The molecule has 0 saturated heterocycles. The van der Waals surface area contributed by atoms with Crippen LogP contribution in [0.25, 0.3) is 0 Å². The van der Waals surface area contributed by atoms with Gasteiger partial charge in [0.15, 0.2) is 6.79 Å². The molecule has 0 aliphatic heterocycles. The summed E-state index contributed by atoms with van der Waals surface area (Å²) < 4.78 is 10.7. The lowest BCUT2D eigenvalue weighted by molar-refractivity contribution is 0.0193. The van der Waals surface area contributed by atoms with Gasteiger partial charge >= 0.3 is 0 Å². The van der Waals surface area contributed by atoms with Crippen molar-refractivity contribution in [3.05, 3.63) is 23.4 Å². The van der Waals surface area contributed by atoms with Gasteiger partial charge in [-0.05, 0) is 12.1 Å². The van der Waals surface area contributed by atoms with E-state index in [1.165, 1.54) is 0 Å². The maximum atomic E-state index is 5.72. The molecule has 0 spiro atoms. The van der Waals surface area contributed by atoms with Crippen molar-refractivity contribution in [3.8, 4) is 5.88 Å². The van der Waals surface area contributed by atoms with Gasteiger partial charge in [-0.3, -0.25) is 0 Å². The molecule has 0 fully saturated rings. The van der Waals surface area contributed by atoms with Gasteiger partial charge in [-0.1, -0.05) is 37.3 Å². The van der Waals surface area contributed by atoms with Gasteiger partial charge in [-0.15, -0.1) is 0 Å². The van der Waals surface area contributed by atoms with Crippen molar-refractivity contribution in [2.75, 3.05) is 13.4 Å². The van der Waals surface area contributed by atoms with Crippen molar-refractivity contribution in [1.82, 2.24) is 4.98 Å². The molecule has 0 aliphatic rings. The van der Waals surface area contributed by atoms with Crippen LogP contribution in [0.15, 0.2) is 18.2 Å². The SMILES string of the molecule is C[Si](C)(C)CCOCOc1cccc(Cl)n1. The summed E-state index contributed by atoms with van der Waals surface area (Å²) in [6.07, 6.45) is 0. The van der Waals surface area contributed by atoms with E-state index in [0.29, 0.717) is 11.0 Å². The van der Waals surface area contributed by atoms with Crippen LogP contribution < -0.4 is 4.74 Å². The highest BCUT2D eigenvalue weighted by atomic mass is 35.5. The molecule has 90 valence electrons. The zero-order chi connectivity index (χ0) is 12.0. The van der Waals surface area contributed by atoms with Gasteiger partial charge in [0.1, 0.15) is 5.15 Å². The number of rotatable bonds is 6. The molecular weight excluding hydrogens is 242 g/mol. The predicted octanol–water partition coefficient (Wildman–Crippen LogP) is 3.43. The Kier molecular flexibility index (Phi) is 5.25. The molecule has 0 N–H and O–H groups in total. The molecule has 0 radical (unpaired) electrons. The van der Waals surface area contributed by atoms with E-state index in [9.17, 15) is 0 Å². The Morgan fingerprint density at radius 3 is 2.69 bits per heavy atom. The molecular formula is C11H18ClNO2Si. The van der Waals surface area contributed by atoms with Gasteiger partial charge < -0.3 is 9.47 Å².